The first-order valence-corrected chi connectivity index (χ1v) is 6.55. The zero-order chi connectivity index (χ0) is 11.8. The number of hydrogen-bond donors (Lipinski definition) is 2. The van der Waals surface area contributed by atoms with E-state index < -0.39 is 5.97 Å². The van der Waals surface area contributed by atoms with Gasteiger partial charge >= 0.3 is 5.97 Å². The Morgan fingerprint density at radius 3 is 3.06 bits per heavy atom. The summed E-state index contributed by atoms with van der Waals surface area (Å²) >= 11 is 1.82. The minimum atomic E-state index is -0.922. The summed E-state index contributed by atoms with van der Waals surface area (Å²) < 4.78 is 0. The van der Waals surface area contributed by atoms with Gasteiger partial charge in [-0.05, 0) is 30.9 Å². The van der Waals surface area contributed by atoms with Crippen molar-refractivity contribution in [1.82, 2.24) is 4.98 Å². The zero-order valence-electron chi connectivity index (χ0n) is 9.27. The third-order valence-corrected chi connectivity index (χ3v) is 2.84. The molecule has 4 nitrogen and oxygen atoms in total. The lowest BCUT2D eigenvalue weighted by atomic mass is 10.2. The van der Waals surface area contributed by atoms with Gasteiger partial charge in [-0.3, -0.25) is 4.98 Å². The maximum absolute atomic E-state index is 10.9. The zero-order valence-corrected chi connectivity index (χ0v) is 10.1. The van der Waals surface area contributed by atoms with Crippen LogP contribution in [-0.2, 0) is 0 Å². The van der Waals surface area contributed by atoms with Crippen LogP contribution < -0.4 is 5.32 Å². The van der Waals surface area contributed by atoms with Gasteiger partial charge in [-0.2, -0.15) is 11.8 Å². The summed E-state index contributed by atoms with van der Waals surface area (Å²) in [7, 11) is 0. The molecule has 88 valence electrons. The van der Waals surface area contributed by atoms with Gasteiger partial charge in [0.1, 0.15) is 0 Å². The fraction of sp³-hybridized carbons (Fsp3) is 0.455. The van der Waals surface area contributed by atoms with E-state index in [1.54, 1.807) is 6.20 Å². The van der Waals surface area contributed by atoms with Crippen molar-refractivity contribution >= 4 is 23.4 Å². The number of carboxylic acids is 1. The number of hydrogen-bond acceptors (Lipinski definition) is 4. The van der Waals surface area contributed by atoms with E-state index in [4.69, 9.17) is 5.11 Å². The lowest BCUT2D eigenvalue weighted by Gasteiger charge is -2.08. The van der Waals surface area contributed by atoms with Crippen LogP contribution in [0.25, 0.3) is 0 Å². The number of carboxylic acid groups (broad SMARTS) is 1. The molecule has 0 aliphatic rings. The average molecular weight is 240 g/mol. The molecule has 0 unspecified atom stereocenters. The highest BCUT2D eigenvalue weighted by Gasteiger charge is 2.08. The van der Waals surface area contributed by atoms with E-state index in [1.807, 2.05) is 11.8 Å². The number of nitrogens with zero attached hydrogens (tertiary/aromatic N) is 1. The van der Waals surface area contributed by atoms with Crippen LogP contribution in [-0.4, -0.2) is 34.6 Å². The van der Waals surface area contributed by atoms with Crippen molar-refractivity contribution in [3.05, 3.63) is 24.0 Å². The number of nitrogens with one attached hydrogen (secondary N) is 1. The van der Waals surface area contributed by atoms with Crippen LogP contribution in [0.15, 0.2) is 18.5 Å². The smallest absolute Gasteiger partial charge is 0.337 e. The maximum Gasteiger partial charge on any atom is 0.337 e. The van der Waals surface area contributed by atoms with E-state index >= 15 is 0 Å². The van der Waals surface area contributed by atoms with E-state index in [2.05, 4.69) is 16.6 Å². The number of rotatable bonds is 7. The minimum Gasteiger partial charge on any atom is -0.478 e. The monoisotopic (exact) mass is 240 g/mol. The summed E-state index contributed by atoms with van der Waals surface area (Å²) in [5.41, 5.74) is 0.874. The quantitative estimate of drug-likeness (QED) is 0.716. The summed E-state index contributed by atoms with van der Waals surface area (Å²) in [6.45, 7) is 0.784. The molecular formula is C11H16N2O2S. The standard InChI is InChI=1S/C11H16N2O2S/c1-16-7-3-2-5-13-10-8-12-6-4-9(10)11(14)15/h4,6,8,13H,2-3,5,7H2,1H3,(H,14,15). The van der Waals surface area contributed by atoms with E-state index in [1.165, 1.54) is 12.3 Å². The Bertz CT molecular complexity index is 345. The Labute approximate surface area is 99.5 Å². The molecule has 2 N–H and O–H groups in total. The van der Waals surface area contributed by atoms with E-state index in [0.29, 0.717) is 5.69 Å². The largest absolute Gasteiger partial charge is 0.478 e. The second kappa shape index (κ2) is 7.11. The highest BCUT2D eigenvalue weighted by molar-refractivity contribution is 7.98. The normalized spacial score (nSPS) is 10.1. The van der Waals surface area contributed by atoms with Gasteiger partial charge in [0.15, 0.2) is 0 Å². The van der Waals surface area contributed by atoms with Crippen molar-refractivity contribution in [2.24, 2.45) is 0 Å². The number of carbonyl (C=O) groups is 1. The molecule has 5 heteroatoms. The molecular weight excluding hydrogens is 224 g/mol. The van der Waals surface area contributed by atoms with Crippen LogP contribution in [0.2, 0.25) is 0 Å². The SMILES string of the molecule is CSCCCCNc1cnccc1C(=O)O. The first kappa shape index (κ1) is 12.8. The third-order valence-electron chi connectivity index (χ3n) is 2.14. The highest BCUT2D eigenvalue weighted by atomic mass is 32.2. The number of thioether (sulfide) groups is 1. The Morgan fingerprint density at radius 2 is 2.38 bits per heavy atom. The molecule has 0 spiro atoms. The molecule has 0 aliphatic carbocycles. The van der Waals surface area contributed by atoms with Crippen molar-refractivity contribution in [2.45, 2.75) is 12.8 Å². The molecule has 0 bridgehead atoms. The molecule has 0 radical (unpaired) electrons. The number of unbranched alkanes of at least 4 members (excludes halogenated alkanes) is 1. The second-order valence-electron chi connectivity index (χ2n) is 3.35. The summed E-state index contributed by atoms with van der Waals surface area (Å²) in [5, 5.41) is 12.0. The molecule has 0 amide bonds. The van der Waals surface area contributed by atoms with Crippen molar-refractivity contribution in [3.8, 4) is 0 Å². The maximum atomic E-state index is 10.9. The lowest BCUT2D eigenvalue weighted by Crippen LogP contribution is -2.08. The Morgan fingerprint density at radius 1 is 1.56 bits per heavy atom. The molecule has 1 aromatic heterocycles. The molecule has 0 aliphatic heterocycles. The first-order valence-electron chi connectivity index (χ1n) is 5.16. The third kappa shape index (κ3) is 4.10. The van der Waals surface area contributed by atoms with Gasteiger partial charge in [0.25, 0.3) is 0 Å². The molecule has 16 heavy (non-hydrogen) atoms. The summed E-state index contributed by atoms with van der Waals surface area (Å²) in [5.74, 6) is 0.217. The lowest BCUT2D eigenvalue weighted by molar-refractivity contribution is 0.0698. The predicted octanol–water partition coefficient (Wildman–Crippen LogP) is 2.33. The number of anilines is 1. The van der Waals surface area contributed by atoms with Gasteiger partial charge in [0.05, 0.1) is 17.4 Å². The summed E-state index contributed by atoms with van der Waals surface area (Å²) in [4.78, 5) is 14.8. The van der Waals surface area contributed by atoms with Crippen molar-refractivity contribution in [1.29, 1.82) is 0 Å². The second-order valence-corrected chi connectivity index (χ2v) is 4.34. The number of aromatic carboxylic acids is 1. The molecule has 0 saturated carbocycles. The highest BCUT2D eigenvalue weighted by Crippen LogP contribution is 2.13. The molecule has 1 heterocycles. The molecule has 0 atom stereocenters. The van der Waals surface area contributed by atoms with Crippen LogP contribution >= 0.6 is 11.8 Å². The van der Waals surface area contributed by atoms with Crippen LogP contribution in [0.5, 0.6) is 0 Å². The molecule has 0 aromatic carbocycles. The van der Waals surface area contributed by atoms with Crippen molar-refractivity contribution in [2.75, 3.05) is 23.9 Å². The van der Waals surface area contributed by atoms with Crippen LogP contribution in [0.4, 0.5) is 5.69 Å². The minimum absolute atomic E-state index is 0.278. The Kier molecular flexibility index (Phi) is 5.71. The van der Waals surface area contributed by atoms with Gasteiger partial charge in [0.2, 0.25) is 0 Å². The van der Waals surface area contributed by atoms with Crippen LogP contribution in [0, 0.1) is 0 Å². The van der Waals surface area contributed by atoms with E-state index in [0.717, 1.165) is 25.1 Å². The van der Waals surface area contributed by atoms with Crippen LogP contribution in [0.3, 0.4) is 0 Å². The van der Waals surface area contributed by atoms with Gasteiger partial charge < -0.3 is 10.4 Å². The fourth-order valence-corrected chi connectivity index (χ4v) is 1.81. The average Bonchev–Trinajstić information content (AvgIpc) is 2.29. The molecule has 1 aromatic rings. The van der Waals surface area contributed by atoms with Gasteiger partial charge in [-0.15, -0.1) is 0 Å². The first-order chi connectivity index (χ1) is 7.75. The Hall–Kier alpha value is -1.23. The Balaban J connectivity index is 2.44. The van der Waals surface area contributed by atoms with Crippen molar-refractivity contribution < 1.29 is 9.90 Å². The van der Waals surface area contributed by atoms with Gasteiger partial charge in [0, 0.05) is 12.7 Å². The van der Waals surface area contributed by atoms with E-state index in [9.17, 15) is 4.79 Å². The van der Waals surface area contributed by atoms with Gasteiger partial charge in [-0.1, -0.05) is 0 Å². The topological polar surface area (TPSA) is 62.2 Å². The molecule has 0 fully saturated rings. The fourth-order valence-electron chi connectivity index (χ4n) is 1.32. The van der Waals surface area contributed by atoms with Crippen molar-refractivity contribution in [3.63, 3.8) is 0 Å². The number of aromatic nitrogens is 1. The molecule has 0 saturated heterocycles. The van der Waals surface area contributed by atoms with E-state index in [-0.39, 0.29) is 5.56 Å². The summed E-state index contributed by atoms with van der Waals surface area (Å²) in [6, 6.07) is 1.51. The van der Waals surface area contributed by atoms with Gasteiger partial charge in [-0.25, -0.2) is 4.79 Å². The van der Waals surface area contributed by atoms with Crippen LogP contribution in [0.1, 0.15) is 23.2 Å². The molecule has 1 rings (SSSR count). The number of pyridine rings is 1. The predicted molar refractivity (Wildman–Crippen MR) is 67.3 cm³/mol. The summed E-state index contributed by atoms with van der Waals surface area (Å²) in [6.07, 6.45) is 7.29.